The third kappa shape index (κ3) is 3.97. The van der Waals surface area contributed by atoms with E-state index in [0.29, 0.717) is 5.69 Å². The maximum absolute atomic E-state index is 12.8. The van der Waals surface area contributed by atoms with Crippen LogP contribution in [-0.2, 0) is 18.0 Å². The fourth-order valence-corrected chi connectivity index (χ4v) is 2.18. The van der Waals surface area contributed by atoms with E-state index in [1.807, 2.05) is 0 Å². The number of benzene rings is 1. The SMILES string of the molecule is Cn1nccc1C=CC(=O)Nc1ccc(Br)c(C(F)(F)F)c1. The molecule has 0 fully saturated rings. The summed E-state index contributed by atoms with van der Waals surface area (Å²) >= 11 is 2.84. The van der Waals surface area contributed by atoms with Crippen LogP contribution in [0.5, 0.6) is 0 Å². The van der Waals surface area contributed by atoms with Crippen molar-refractivity contribution in [3.8, 4) is 0 Å². The van der Waals surface area contributed by atoms with Crippen LogP contribution >= 0.6 is 15.9 Å². The summed E-state index contributed by atoms with van der Waals surface area (Å²) in [6.07, 6.45) is -0.176. The van der Waals surface area contributed by atoms with Gasteiger partial charge in [0, 0.05) is 29.5 Å². The molecule has 0 aliphatic carbocycles. The summed E-state index contributed by atoms with van der Waals surface area (Å²) in [7, 11) is 1.71. The van der Waals surface area contributed by atoms with Gasteiger partial charge < -0.3 is 5.32 Å². The largest absolute Gasteiger partial charge is 0.417 e. The van der Waals surface area contributed by atoms with Gasteiger partial charge in [0.25, 0.3) is 0 Å². The van der Waals surface area contributed by atoms with E-state index in [0.717, 1.165) is 6.07 Å². The average Bonchev–Trinajstić information content (AvgIpc) is 2.83. The molecular weight excluding hydrogens is 363 g/mol. The zero-order valence-electron chi connectivity index (χ0n) is 11.4. The first-order chi connectivity index (χ1) is 10.3. The lowest BCUT2D eigenvalue weighted by atomic mass is 10.2. The van der Waals surface area contributed by atoms with Crippen LogP contribution in [-0.4, -0.2) is 15.7 Å². The summed E-state index contributed by atoms with van der Waals surface area (Å²) in [5, 5.41) is 6.32. The summed E-state index contributed by atoms with van der Waals surface area (Å²) in [6, 6.07) is 5.20. The van der Waals surface area contributed by atoms with Crippen molar-refractivity contribution in [1.29, 1.82) is 0 Å². The number of hydrogen-bond acceptors (Lipinski definition) is 2. The molecular formula is C14H11BrF3N3O. The summed E-state index contributed by atoms with van der Waals surface area (Å²) in [6.45, 7) is 0. The molecule has 4 nitrogen and oxygen atoms in total. The van der Waals surface area contributed by atoms with Gasteiger partial charge >= 0.3 is 6.18 Å². The molecule has 0 saturated carbocycles. The molecule has 0 saturated heterocycles. The molecule has 8 heteroatoms. The van der Waals surface area contributed by atoms with Crippen LogP contribution < -0.4 is 5.32 Å². The van der Waals surface area contributed by atoms with Crippen molar-refractivity contribution < 1.29 is 18.0 Å². The lowest BCUT2D eigenvalue weighted by Gasteiger charge is -2.11. The second-order valence-corrected chi connectivity index (χ2v) is 5.25. The molecule has 1 N–H and O–H groups in total. The third-order valence-corrected chi connectivity index (χ3v) is 3.50. The zero-order valence-corrected chi connectivity index (χ0v) is 12.9. The number of nitrogens with one attached hydrogen (secondary N) is 1. The normalized spacial score (nSPS) is 11.9. The van der Waals surface area contributed by atoms with Crippen LogP contribution in [0.3, 0.4) is 0 Å². The van der Waals surface area contributed by atoms with E-state index < -0.39 is 17.6 Å². The Balaban J connectivity index is 2.12. The fraction of sp³-hybridized carbons (Fsp3) is 0.143. The molecule has 1 aromatic heterocycles. The molecule has 1 aromatic carbocycles. The Labute approximate surface area is 132 Å². The molecule has 0 atom stereocenters. The van der Waals surface area contributed by atoms with Crippen molar-refractivity contribution in [3.63, 3.8) is 0 Å². The molecule has 116 valence electrons. The summed E-state index contributed by atoms with van der Waals surface area (Å²) in [5.74, 6) is -0.531. The number of aryl methyl sites for hydroxylation is 1. The average molecular weight is 374 g/mol. The minimum atomic E-state index is -4.50. The summed E-state index contributed by atoms with van der Waals surface area (Å²) in [4.78, 5) is 11.7. The quantitative estimate of drug-likeness (QED) is 0.830. The van der Waals surface area contributed by atoms with Gasteiger partial charge in [-0.1, -0.05) is 15.9 Å². The first kappa shape index (κ1) is 16.3. The van der Waals surface area contributed by atoms with Gasteiger partial charge in [0.2, 0.25) is 5.91 Å². The molecule has 0 aliphatic heterocycles. The van der Waals surface area contributed by atoms with E-state index in [4.69, 9.17) is 0 Å². The number of carbonyl (C=O) groups excluding carboxylic acids is 1. The predicted molar refractivity (Wildman–Crippen MR) is 80.0 cm³/mol. The van der Waals surface area contributed by atoms with Crippen LogP contribution in [0.25, 0.3) is 6.08 Å². The topological polar surface area (TPSA) is 46.9 Å². The lowest BCUT2D eigenvalue weighted by molar-refractivity contribution is -0.138. The summed E-state index contributed by atoms with van der Waals surface area (Å²) in [5.41, 5.74) is -0.0852. The van der Waals surface area contributed by atoms with E-state index in [1.165, 1.54) is 24.3 Å². The van der Waals surface area contributed by atoms with Crippen molar-refractivity contribution in [3.05, 3.63) is 52.3 Å². The summed E-state index contributed by atoms with van der Waals surface area (Å²) < 4.78 is 39.8. The molecule has 2 rings (SSSR count). The number of anilines is 1. The van der Waals surface area contributed by atoms with E-state index >= 15 is 0 Å². The number of hydrogen-bond donors (Lipinski definition) is 1. The Morgan fingerprint density at radius 1 is 1.36 bits per heavy atom. The third-order valence-electron chi connectivity index (χ3n) is 2.80. The van der Waals surface area contributed by atoms with Gasteiger partial charge in [0.15, 0.2) is 0 Å². The maximum Gasteiger partial charge on any atom is 0.417 e. The highest BCUT2D eigenvalue weighted by Crippen LogP contribution is 2.36. The van der Waals surface area contributed by atoms with E-state index in [1.54, 1.807) is 24.0 Å². The number of nitrogens with zero attached hydrogens (tertiary/aromatic N) is 2. The van der Waals surface area contributed by atoms with E-state index in [9.17, 15) is 18.0 Å². The number of halogens is 4. The molecule has 1 amide bonds. The molecule has 0 spiro atoms. The van der Waals surface area contributed by atoms with Crippen molar-refractivity contribution >= 4 is 33.6 Å². The van der Waals surface area contributed by atoms with Crippen LogP contribution in [0.1, 0.15) is 11.3 Å². The monoisotopic (exact) mass is 373 g/mol. The predicted octanol–water partition coefficient (Wildman–Crippen LogP) is 3.85. The molecule has 1 heterocycles. The number of carbonyl (C=O) groups is 1. The van der Waals surface area contributed by atoms with Crippen molar-refractivity contribution in [2.75, 3.05) is 5.32 Å². The van der Waals surface area contributed by atoms with Crippen LogP contribution in [0, 0.1) is 0 Å². The molecule has 0 radical (unpaired) electrons. The maximum atomic E-state index is 12.8. The Bertz CT molecular complexity index is 722. The number of alkyl halides is 3. The van der Waals surface area contributed by atoms with Gasteiger partial charge in [-0.3, -0.25) is 9.48 Å². The molecule has 22 heavy (non-hydrogen) atoms. The van der Waals surface area contributed by atoms with Crippen LogP contribution in [0.15, 0.2) is 41.0 Å². The minimum Gasteiger partial charge on any atom is -0.322 e. The van der Waals surface area contributed by atoms with Crippen molar-refractivity contribution in [2.24, 2.45) is 7.05 Å². The Kier molecular flexibility index (Phi) is 4.70. The van der Waals surface area contributed by atoms with Gasteiger partial charge in [0.1, 0.15) is 0 Å². The van der Waals surface area contributed by atoms with E-state index in [-0.39, 0.29) is 10.2 Å². The van der Waals surface area contributed by atoms with Gasteiger partial charge in [-0.05, 0) is 30.3 Å². The number of amides is 1. The van der Waals surface area contributed by atoms with Crippen LogP contribution in [0.2, 0.25) is 0 Å². The minimum absolute atomic E-state index is 0.0650. The number of rotatable bonds is 3. The van der Waals surface area contributed by atoms with Gasteiger partial charge in [-0.2, -0.15) is 18.3 Å². The first-order valence-electron chi connectivity index (χ1n) is 6.11. The van der Waals surface area contributed by atoms with Gasteiger partial charge in [-0.15, -0.1) is 0 Å². The van der Waals surface area contributed by atoms with Gasteiger partial charge in [-0.25, -0.2) is 0 Å². The van der Waals surface area contributed by atoms with Crippen molar-refractivity contribution in [1.82, 2.24) is 9.78 Å². The standard InChI is InChI=1S/C14H11BrF3N3O/c1-21-10(6-7-19-21)3-5-13(22)20-9-2-4-12(15)11(8-9)14(16,17)18/h2-8H,1H3,(H,20,22). The Morgan fingerprint density at radius 2 is 2.09 bits per heavy atom. The van der Waals surface area contributed by atoms with Crippen LogP contribution in [0.4, 0.5) is 18.9 Å². The fourth-order valence-electron chi connectivity index (χ4n) is 1.71. The Hall–Kier alpha value is -2.09. The zero-order chi connectivity index (χ0) is 16.3. The molecule has 0 aliphatic rings. The Morgan fingerprint density at radius 3 is 2.68 bits per heavy atom. The first-order valence-corrected chi connectivity index (χ1v) is 6.90. The second kappa shape index (κ2) is 6.35. The molecule has 0 unspecified atom stereocenters. The lowest BCUT2D eigenvalue weighted by Crippen LogP contribution is -2.11. The highest BCUT2D eigenvalue weighted by Gasteiger charge is 2.33. The number of aromatic nitrogens is 2. The van der Waals surface area contributed by atoms with E-state index in [2.05, 4.69) is 26.3 Å². The van der Waals surface area contributed by atoms with Gasteiger partial charge in [0.05, 0.1) is 11.3 Å². The highest BCUT2D eigenvalue weighted by atomic mass is 79.9. The second-order valence-electron chi connectivity index (χ2n) is 4.39. The van der Waals surface area contributed by atoms with Crippen molar-refractivity contribution in [2.45, 2.75) is 6.18 Å². The smallest absolute Gasteiger partial charge is 0.322 e. The highest BCUT2D eigenvalue weighted by molar-refractivity contribution is 9.10. The molecule has 0 bridgehead atoms. The molecule has 2 aromatic rings.